The molecule has 0 aliphatic heterocycles. The van der Waals surface area contributed by atoms with Crippen molar-refractivity contribution in [3.8, 4) is 5.75 Å². The Kier molecular flexibility index (Phi) is 4.25. The van der Waals surface area contributed by atoms with Crippen LogP contribution in [0.5, 0.6) is 5.75 Å². The molecule has 1 aromatic carbocycles. The average molecular weight is 249 g/mol. The van der Waals surface area contributed by atoms with Crippen molar-refractivity contribution in [1.29, 1.82) is 0 Å². The molecule has 0 amide bonds. The molecule has 3 nitrogen and oxygen atoms in total. The third-order valence-corrected chi connectivity index (χ3v) is 3.88. The topological polar surface area (TPSA) is 44.5 Å². The summed E-state index contributed by atoms with van der Waals surface area (Å²) in [6.45, 7) is 0.589. The van der Waals surface area contributed by atoms with Gasteiger partial charge in [0.2, 0.25) is 0 Å². The molecule has 2 rings (SSSR count). The van der Waals surface area contributed by atoms with E-state index in [9.17, 15) is 0 Å². The van der Waals surface area contributed by atoms with Gasteiger partial charge in [-0.2, -0.15) is 0 Å². The molecule has 1 aliphatic rings. The van der Waals surface area contributed by atoms with Gasteiger partial charge < -0.3 is 15.2 Å². The van der Waals surface area contributed by atoms with Crippen LogP contribution in [0.25, 0.3) is 0 Å². The molecule has 0 radical (unpaired) electrons. The second-order valence-electron chi connectivity index (χ2n) is 5.14. The van der Waals surface area contributed by atoms with Crippen LogP contribution >= 0.6 is 0 Å². The summed E-state index contributed by atoms with van der Waals surface area (Å²) in [6.07, 6.45) is 5.74. The summed E-state index contributed by atoms with van der Waals surface area (Å²) < 4.78 is 10.8. The first-order chi connectivity index (χ1) is 8.71. The lowest BCUT2D eigenvalue weighted by atomic mass is 9.75. The van der Waals surface area contributed by atoms with E-state index in [1.807, 2.05) is 12.1 Å². The van der Waals surface area contributed by atoms with E-state index in [0.717, 1.165) is 29.7 Å². The van der Waals surface area contributed by atoms with Crippen LogP contribution in [0, 0.1) is 0 Å². The molecule has 1 fully saturated rings. The number of benzene rings is 1. The van der Waals surface area contributed by atoms with Gasteiger partial charge in [0.05, 0.1) is 13.7 Å². The van der Waals surface area contributed by atoms with E-state index in [0.29, 0.717) is 6.61 Å². The van der Waals surface area contributed by atoms with Gasteiger partial charge >= 0.3 is 0 Å². The first kappa shape index (κ1) is 13.4. The summed E-state index contributed by atoms with van der Waals surface area (Å²) in [5.74, 6) is 0.897. The molecule has 1 aliphatic carbocycles. The predicted octanol–water partition coefficient (Wildman–Crippen LogP) is 2.96. The van der Waals surface area contributed by atoms with Crippen LogP contribution in [-0.2, 0) is 16.9 Å². The van der Waals surface area contributed by atoms with E-state index in [1.54, 1.807) is 14.2 Å². The summed E-state index contributed by atoms with van der Waals surface area (Å²) in [7, 11) is 3.43. The highest BCUT2D eigenvalue weighted by atomic mass is 16.5. The lowest BCUT2D eigenvalue weighted by Gasteiger charge is -2.36. The molecule has 1 aromatic rings. The van der Waals surface area contributed by atoms with E-state index in [4.69, 9.17) is 15.2 Å². The summed E-state index contributed by atoms with van der Waals surface area (Å²) in [5, 5.41) is 0. The van der Waals surface area contributed by atoms with Crippen LogP contribution in [0.15, 0.2) is 18.2 Å². The maximum absolute atomic E-state index is 6.65. The second-order valence-corrected chi connectivity index (χ2v) is 5.14. The van der Waals surface area contributed by atoms with Crippen molar-refractivity contribution >= 4 is 0 Å². The summed E-state index contributed by atoms with van der Waals surface area (Å²) >= 11 is 0. The molecule has 0 saturated heterocycles. The lowest BCUT2D eigenvalue weighted by molar-refractivity contribution is 0.180. The van der Waals surface area contributed by atoms with Gasteiger partial charge in [-0.3, -0.25) is 0 Å². The fourth-order valence-electron chi connectivity index (χ4n) is 3.02. The number of rotatable bonds is 4. The zero-order valence-corrected chi connectivity index (χ0v) is 11.4. The van der Waals surface area contributed by atoms with Crippen molar-refractivity contribution in [2.45, 2.75) is 44.2 Å². The number of ether oxygens (including phenoxy) is 2. The summed E-state index contributed by atoms with van der Waals surface area (Å²) in [4.78, 5) is 0. The van der Waals surface area contributed by atoms with E-state index < -0.39 is 0 Å². The maximum Gasteiger partial charge on any atom is 0.124 e. The zero-order chi connectivity index (χ0) is 13.0. The van der Waals surface area contributed by atoms with Gasteiger partial charge in [0.1, 0.15) is 5.75 Å². The summed E-state index contributed by atoms with van der Waals surface area (Å²) in [6, 6.07) is 6.09. The van der Waals surface area contributed by atoms with Crippen LogP contribution in [0.2, 0.25) is 0 Å². The van der Waals surface area contributed by atoms with E-state index in [-0.39, 0.29) is 5.54 Å². The zero-order valence-electron chi connectivity index (χ0n) is 11.4. The van der Waals surface area contributed by atoms with Crippen LogP contribution in [0.4, 0.5) is 0 Å². The van der Waals surface area contributed by atoms with Crippen LogP contribution in [-0.4, -0.2) is 14.2 Å². The van der Waals surface area contributed by atoms with Crippen molar-refractivity contribution in [1.82, 2.24) is 0 Å². The third kappa shape index (κ3) is 2.52. The first-order valence-corrected chi connectivity index (χ1v) is 6.65. The normalized spacial score (nSPS) is 18.6. The van der Waals surface area contributed by atoms with Gasteiger partial charge in [0.15, 0.2) is 0 Å². The Morgan fingerprint density at radius 1 is 1.17 bits per heavy atom. The third-order valence-electron chi connectivity index (χ3n) is 3.88. The minimum atomic E-state index is -0.251. The average Bonchev–Trinajstić information content (AvgIpc) is 2.39. The fraction of sp³-hybridized carbons (Fsp3) is 0.600. The van der Waals surface area contributed by atoms with Gasteiger partial charge in [-0.1, -0.05) is 31.4 Å². The SMILES string of the molecule is COCc1cccc(OC)c1C1(N)CCCCC1. The Morgan fingerprint density at radius 2 is 1.89 bits per heavy atom. The minimum Gasteiger partial charge on any atom is -0.496 e. The highest BCUT2D eigenvalue weighted by Gasteiger charge is 2.34. The second kappa shape index (κ2) is 5.72. The highest BCUT2D eigenvalue weighted by molar-refractivity contribution is 5.45. The van der Waals surface area contributed by atoms with Gasteiger partial charge in [0.25, 0.3) is 0 Å². The molecule has 100 valence electrons. The monoisotopic (exact) mass is 249 g/mol. The van der Waals surface area contributed by atoms with Crippen molar-refractivity contribution in [3.63, 3.8) is 0 Å². The number of methoxy groups -OCH3 is 2. The smallest absolute Gasteiger partial charge is 0.124 e. The van der Waals surface area contributed by atoms with Crippen molar-refractivity contribution < 1.29 is 9.47 Å². The fourth-order valence-corrected chi connectivity index (χ4v) is 3.02. The molecule has 0 bridgehead atoms. The van der Waals surface area contributed by atoms with Gasteiger partial charge in [-0.25, -0.2) is 0 Å². The van der Waals surface area contributed by atoms with Crippen molar-refractivity contribution in [3.05, 3.63) is 29.3 Å². The van der Waals surface area contributed by atoms with Crippen LogP contribution < -0.4 is 10.5 Å². The van der Waals surface area contributed by atoms with E-state index in [2.05, 4.69) is 6.07 Å². The Balaban J connectivity index is 2.44. The maximum atomic E-state index is 6.65. The van der Waals surface area contributed by atoms with Crippen LogP contribution in [0.1, 0.15) is 43.2 Å². The van der Waals surface area contributed by atoms with E-state index >= 15 is 0 Å². The van der Waals surface area contributed by atoms with Gasteiger partial charge in [-0.05, 0) is 24.5 Å². The number of hydrogen-bond acceptors (Lipinski definition) is 3. The Morgan fingerprint density at radius 3 is 2.50 bits per heavy atom. The van der Waals surface area contributed by atoms with Gasteiger partial charge in [-0.15, -0.1) is 0 Å². The number of nitrogens with two attached hydrogens (primary N) is 1. The molecular formula is C15H23NO2. The molecule has 0 aromatic heterocycles. The molecule has 0 atom stereocenters. The standard InChI is InChI=1S/C15H23NO2/c1-17-11-12-7-6-8-13(18-2)14(12)15(16)9-4-3-5-10-15/h6-8H,3-5,9-11,16H2,1-2H3. The Labute approximate surface area is 109 Å². The largest absolute Gasteiger partial charge is 0.496 e. The molecule has 18 heavy (non-hydrogen) atoms. The Hall–Kier alpha value is -1.06. The van der Waals surface area contributed by atoms with E-state index in [1.165, 1.54) is 19.3 Å². The van der Waals surface area contributed by atoms with Crippen molar-refractivity contribution in [2.24, 2.45) is 5.73 Å². The molecule has 0 spiro atoms. The Bertz CT molecular complexity index is 397. The molecule has 1 saturated carbocycles. The molecule has 3 heteroatoms. The number of hydrogen-bond donors (Lipinski definition) is 1. The molecule has 0 unspecified atom stereocenters. The lowest BCUT2D eigenvalue weighted by Crippen LogP contribution is -2.40. The quantitative estimate of drug-likeness (QED) is 0.892. The summed E-state index contributed by atoms with van der Waals surface area (Å²) in [5.41, 5.74) is 8.70. The highest BCUT2D eigenvalue weighted by Crippen LogP contribution is 2.41. The first-order valence-electron chi connectivity index (χ1n) is 6.65. The molecular weight excluding hydrogens is 226 g/mol. The molecule has 0 heterocycles. The minimum absolute atomic E-state index is 0.251. The predicted molar refractivity (Wildman–Crippen MR) is 72.7 cm³/mol. The van der Waals surface area contributed by atoms with Crippen LogP contribution in [0.3, 0.4) is 0 Å². The van der Waals surface area contributed by atoms with Gasteiger partial charge in [0, 0.05) is 18.2 Å². The van der Waals surface area contributed by atoms with Crippen molar-refractivity contribution in [2.75, 3.05) is 14.2 Å². The molecule has 2 N–H and O–H groups in total.